The molecule has 1 amide bonds. The van der Waals surface area contributed by atoms with Crippen molar-refractivity contribution in [1.82, 2.24) is 5.32 Å². The predicted octanol–water partition coefficient (Wildman–Crippen LogP) is 1.39. The Kier molecular flexibility index (Phi) is 13.7. The van der Waals surface area contributed by atoms with Crippen LogP contribution in [0.1, 0.15) is 37.6 Å². The second kappa shape index (κ2) is 15.2. The number of carbonyl (C=O) groups excluding carboxylic acids is 2. The van der Waals surface area contributed by atoms with Crippen molar-refractivity contribution in [2.45, 2.75) is 45.3 Å². The Morgan fingerprint density at radius 3 is 1.95 bits per heavy atom. The Hall–Kier alpha value is -1.87. The van der Waals surface area contributed by atoms with Crippen molar-refractivity contribution in [3.63, 3.8) is 0 Å². The maximum Gasteiger partial charge on any atom is 1.00 e. The van der Waals surface area contributed by atoms with E-state index in [1.807, 2.05) is 0 Å². The maximum absolute atomic E-state index is 14.0. The number of hydrogen-bond acceptors (Lipinski definition) is 6. The standard InChI is InChI=1S/C25H30F5NO6Si.Na/c1-4-35-38(36-5-2,37-6-3)15-9-14-31-23(34)20(22(33)24(26,27)25(28,29)30)21(32)19-13-12-17-10-7-8-11-18(17)16-19;/h7-8,10-13,16,33H,4-6,9,14-15H2,1-3H3,(H,31,34);/q;+1/p-1/b22-20+;. The second-order valence-electron chi connectivity index (χ2n) is 8.01. The normalized spacial score (nSPS) is 13.0. The number of fused-ring (bicyclic) bond motifs is 1. The smallest absolute Gasteiger partial charge is 0.871 e. The molecule has 0 saturated carbocycles. The summed E-state index contributed by atoms with van der Waals surface area (Å²) < 4.78 is 83.9. The Bertz CT molecular complexity index is 1140. The van der Waals surface area contributed by atoms with Gasteiger partial charge in [0.25, 0.3) is 5.91 Å². The summed E-state index contributed by atoms with van der Waals surface area (Å²) in [7, 11) is -3.13. The number of hydrogen-bond donors (Lipinski definition) is 1. The summed E-state index contributed by atoms with van der Waals surface area (Å²) in [6, 6.07) is 10.5. The van der Waals surface area contributed by atoms with Crippen molar-refractivity contribution in [3.05, 3.63) is 59.4 Å². The van der Waals surface area contributed by atoms with Crippen LogP contribution in [0.5, 0.6) is 0 Å². The van der Waals surface area contributed by atoms with Gasteiger partial charge in [-0.25, -0.2) is 0 Å². The minimum Gasteiger partial charge on any atom is -0.871 e. The number of carbonyl (C=O) groups is 2. The van der Waals surface area contributed by atoms with Crippen molar-refractivity contribution in [2.75, 3.05) is 26.4 Å². The van der Waals surface area contributed by atoms with Gasteiger partial charge in [-0.05, 0) is 49.8 Å². The first kappa shape index (κ1) is 35.2. The van der Waals surface area contributed by atoms with Crippen molar-refractivity contribution in [1.29, 1.82) is 0 Å². The zero-order valence-corrected chi connectivity index (χ0v) is 25.1. The van der Waals surface area contributed by atoms with E-state index in [0.29, 0.717) is 10.8 Å². The minimum absolute atomic E-state index is 0. The topological polar surface area (TPSA) is 96.9 Å². The largest absolute Gasteiger partial charge is 1.00 e. The molecule has 2 aromatic carbocycles. The van der Waals surface area contributed by atoms with E-state index in [1.54, 1.807) is 45.0 Å². The third-order valence-corrected chi connectivity index (χ3v) is 8.52. The molecule has 0 atom stereocenters. The fourth-order valence-corrected chi connectivity index (χ4v) is 6.28. The summed E-state index contributed by atoms with van der Waals surface area (Å²) >= 11 is 0. The van der Waals surface area contributed by atoms with Crippen LogP contribution in [0.2, 0.25) is 6.04 Å². The summed E-state index contributed by atoms with van der Waals surface area (Å²) in [5.41, 5.74) is -2.21. The van der Waals surface area contributed by atoms with Gasteiger partial charge in [0.05, 0.1) is 5.57 Å². The van der Waals surface area contributed by atoms with E-state index in [2.05, 4.69) is 5.32 Å². The number of Topliss-reactive ketones (excluding diaryl/α,β-unsaturated/α-hetero) is 1. The van der Waals surface area contributed by atoms with Crippen LogP contribution in [0.3, 0.4) is 0 Å². The fourth-order valence-electron chi connectivity index (χ4n) is 3.67. The molecule has 0 bridgehead atoms. The first-order valence-electron chi connectivity index (χ1n) is 11.9. The zero-order valence-electron chi connectivity index (χ0n) is 22.1. The van der Waals surface area contributed by atoms with Gasteiger partial charge in [0.1, 0.15) is 0 Å². The van der Waals surface area contributed by atoms with Gasteiger partial charge in [0.15, 0.2) is 5.78 Å². The number of benzene rings is 2. The molecule has 0 aliphatic heterocycles. The van der Waals surface area contributed by atoms with Crippen LogP contribution in [-0.2, 0) is 18.1 Å². The SMILES string of the molecule is CCO[Si](CCCNC(=O)/C(C(=O)c1ccc2ccccc2c1)=C(/[O-])C(F)(F)C(F)(F)F)(OCC)OCC.[Na+]. The minimum atomic E-state index is -6.31. The molecule has 0 aliphatic rings. The molecule has 0 fully saturated rings. The number of amides is 1. The monoisotopic (exact) mass is 585 g/mol. The summed E-state index contributed by atoms with van der Waals surface area (Å²) in [6.07, 6.45) is -6.20. The van der Waals surface area contributed by atoms with Gasteiger partial charge in [-0.2, -0.15) is 22.0 Å². The number of allylic oxidation sites excluding steroid dienone is 1. The molecule has 0 spiro atoms. The van der Waals surface area contributed by atoms with Crippen molar-refractivity contribution in [3.8, 4) is 0 Å². The molecule has 0 heterocycles. The van der Waals surface area contributed by atoms with E-state index in [1.165, 1.54) is 12.1 Å². The van der Waals surface area contributed by atoms with Crippen molar-refractivity contribution in [2.24, 2.45) is 0 Å². The average molecular weight is 586 g/mol. The van der Waals surface area contributed by atoms with E-state index < -0.39 is 49.5 Å². The van der Waals surface area contributed by atoms with Crippen LogP contribution in [0.15, 0.2) is 53.8 Å². The fraction of sp³-hybridized carbons (Fsp3) is 0.440. The van der Waals surface area contributed by atoms with E-state index in [9.17, 15) is 36.6 Å². The molecule has 210 valence electrons. The molecule has 2 rings (SSSR count). The molecule has 14 heteroatoms. The Balaban J connectivity index is 0.00000760. The van der Waals surface area contributed by atoms with Gasteiger partial charge in [-0.3, -0.25) is 9.59 Å². The summed E-state index contributed by atoms with van der Waals surface area (Å²) in [4.78, 5) is 25.8. The summed E-state index contributed by atoms with van der Waals surface area (Å²) in [6.45, 7) is 5.74. The summed E-state index contributed by atoms with van der Waals surface area (Å²) in [5.74, 6) is -12.1. The van der Waals surface area contributed by atoms with Crippen molar-refractivity contribution < 1.29 is 79.5 Å². The molecule has 0 aromatic heterocycles. The molecule has 7 nitrogen and oxygen atoms in total. The molecular weight excluding hydrogens is 556 g/mol. The zero-order chi connectivity index (χ0) is 28.6. The molecule has 0 unspecified atom stereocenters. The first-order valence-corrected chi connectivity index (χ1v) is 13.9. The third kappa shape index (κ3) is 8.81. The number of alkyl halides is 5. The van der Waals surface area contributed by atoms with Gasteiger partial charge in [-0.1, -0.05) is 36.4 Å². The van der Waals surface area contributed by atoms with Crippen LogP contribution in [0, 0.1) is 0 Å². The first-order chi connectivity index (χ1) is 17.8. The van der Waals surface area contributed by atoms with E-state index in [0.717, 1.165) is 6.07 Å². The van der Waals surface area contributed by atoms with Crippen molar-refractivity contribution >= 4 is 31.3 Å². The van der Waals surface area contributed by atoms with Gasteiger partial charge in [-0.15, -0.1) is 0 Å². The van der Waals surface area contributed by atoms with Gasteiger partial charge < -0.3 is 23.7 Å². The Labute approximate surface area is 246 Å². The number of ketones is 1. The molecule has 39 heavy (non-hydrogen) atoms. The van der Waals surface area contributed by atoms with E-state index in [-0.39, 0.29) is 68.4 Å². The number of halogens is 5. The number of rotatable bonds is 14. The quantitative estimate of drug-likeness (QED) is 0.0527. The molecular formula is C25H29F5NNaO6Si. The van der Waals surface area contributed by atoms with Gasteiger partial charge in [0.2, 0.25) is 0 Å². The van der Waals surface area contributed by atoms with Crippen LogP contribution >= 0.6 is 0 Å². The molecule has 0 saturated heterocycles. The van der Waals surface area contributed by atoms with E-state index in [4.69, 9.17) is 13.3 Å². The van der Waals surface area contributed by atoms with Crippen LogP contribution in [0.4, 0.5) is 22.0 Å². The molecule has 0 radical (unpaired) electrons. The van der Waals surface area contributed by atoms with Gasteiger partial charge in [0, 0.05) is 38.0 Å². The van der Waals surface area contributed by atoms with E-state index >= 15 is 0 Å². The van der Waals surface area contributed by atoms with Crippen LogP contribution < -0.4 is 40.0 Å². The Morgan fingerprint density at radius 1 is 0.897 bits per heavy atom. The molecule has 2 aromatic rings. The van der Waals surface area contributed by atoms with Crippen LogP contribution in [0.25, 0.3) is 10.8 Å². The number of nitrogens with one attached hydrogen (secondary N) is 1. The predicted molar refractivity (Wildman–Crippen MR) is 129 cm³/mol. The maximum atomic E-state index is 14.0. The summed E-state index contributed by atoms with van der Waals surface area (Å²) in [5, 5.41) is 15.5. The van der Waals surface area contributed by atoms with Gasteiger partial charge >= 0.3 is 50.5 Å². The Morgan fingerprint density at radius 2 is 1.44 bits per heavy atom. The average Bonchev–Trinajstić information content (AvgIpc) is 2.86. The van der Waals surface area contributed by atoms with Crippen LogP contribution in [-0.4, -0.2) is 59.0 Å². The second-order valence-corrected chi connectivity index (χ2v) is 10.7. The third-order valence-electron chi connectivity index (χ3n) is 5.37. The molecule has 1 N–H and O–H groups in total. The molecule has 0 aliphatic carbocycles.